The van der Waals surface area contributed by atoms with Gasteiger partial charge in [-0.1, -0.05) is 12.2 Å². The highest BCUT2D eigenvalue weighted by molar-refractivity contribution is 7.80. The van der Waals surface area contributed by atoms with E-state index in [9.17, 15) is 4.79 Å². The van der Waals surface area contributed by atoms with Crippen LogP contribution in [0.1, 0.15) is 39.0 Å². The molecule has 2 unspecified atom stereocenters. The first-order valence-electron chi connectivity index (χ1n) is 6.32. The second kappa shape index (κ2) is 6.91. The predicted molar refractivity (Wildman–Crippen MR) is 73.6 cm³/mol. The molecule has 1 rings (SSSR count). The Morgan fingerprint density at radius 1 is 1.35 bits per heavy atom. The number of carbonyl (C=O) groups excluding carboxylic acids is 1. The molecule has 0 aromatic heterocycles. The Hall–Kier alpha value is -0.680. The number of likely N-dealkylation sites (tertiary alicyclic amines) is 1. The van der Waals surface area contributed by atoms with Gasteiger partial charge in [-0.3, -0.25) is 9.69 Å². The highest BCUT2D eigenvalue weighted by Gasteiger charge is 2.27. The van der Waals surface area contributed by atoms with Crippen LogP contribution in [-0.4, -0.2) is 34.9 Å². The lowest BCUT2D eigenvalue weighted by Crippen LogP contribution is -2.46. The molecule has 0 aromatic rings. The van der Waals surface area contributed by atoms with Crippen LogP contribution in [0, 0.1) is 5.92 Å². The molecule has 1 amide bonds. The smallest absolute Gasteiger partial charge is 0.221 e. The summed E-state index contributed by atoms with van der Waals surface area (Å²) in [6.45, 7) is 4.03. The molecule has 1 aliphatic rings. The van der Waals surface area contributed by atoms with E-state index in [1.165, 1.54) is 0 Å². The lowest BCUT2D eigenvalue weighted by molar-refractivity contribution is -0.123. The molecule has 1 aliphatic heterocycles. The number of carbonyl (C=O) groups is 1. The quantitative estimate of drug-likeness (QED) is 0.550. The highest BCUT2D eigenvalue weighted by atomic mass is 32.1. The van der Waals surface area contributed by atoms with Gasteiger partial charge in [0.25, 0.3) is 0 Å². The Kier molecular flexibility index (Phi) is 5.85. The summed E-state index contributed by atoms with van der Waals surface area (Å²) in [7, 11) is 0. The topological polar surface area (TPSA) is 72.4 Å². The minimum absolute atomic E-state index is 0.0294. The van der Waals surface area contributed by atoms with Crippen LogP contribution in [0.15, 0.2) is 0 Å². The number of amides is 1. The molecule has 0 bridgehead atoms. The van der Waals surface area contributed by atoms with E-state index in [4.69, 9.17) is 23.7 Å². The van der Waals surface area contributed by atoms with Gasteiger partial charge in [0.2, 0.25) is 5.91 Å². The molecule has 5 heteroatoms. The van der Waals surface area contributed by atoms with Gasteiger partial charge in [0.1, 0.15) is 0 Å². The lowest BCUT2D eigenvalue weighted by atomic mass is 9.92. The van der Waals surface area contributed by atoms with Crippen molar-refractivity contribution in [1.82, 2.24) is 4.90 Å². The molecular formula is C12H23N3OS. The van der Waals surface area contributed by atoms with Crippen molar-refractivity contribution in [3.63, 3.8) is 0 Å². The van der Waals surface area contributed by atoms with Crippen LogP contribution in [0.5, 0.6) is 0 Å². The fourth-order valence-corrected chi connectivity index (χ4v) is 2.48. The molecule has 0 saturated carbocycles. The van der Waals surface area contributed by atoms with Crippen molar-refractivity contribution in [3.05, 3.63) is 0 Å². The maximum absolute atomic E-state index is 11.2. The normalized spacial score (nSPS) is 25.7. The van der Waals surface area contributed by atoms with E-state index in [1.54, 1.807) is 0 Å². The summed E-state index contributed by atoms with van der Waals surface area (Å²) >= 11 is 4.84. The van der Waals surface area contributed by atoms with Crippen LogP contribution in [0.2, 0.25) is 0 Å². The summed E-state index contributed by atoms with van der Waals surface area (Å²) in [4.78, 5) is 14.1. The van der Waals surface area contributed by atoms with E-state index in [0.29, 0.717) is 11.0 Å². The highest BCUT2D eigenvalue weighted by Crippen LogP contribution is 2.22. The number of nitrogens with two attached hydrogens (primary N) is 2. The zero-order chi connectivity index (χ0) is 12.8. The molecule has 1 saturated heterocycles. The minimum atomic E-state index is -0.162. The number of hydrogen-bond donors (Lipinski definition) is 2. The molecular weight excluding hydrogens is 234 g/mol. The summed E-state index contributed by atoms with van der Waals surface area (Å²) in [6, 6.07) is 0.551. The van der Waals surface area contributed by atoms with Gasteiger partial charge in [-0.05, 0) is 45.6 Å². The summed E-state index contributed by atoms with van der Waals surface area (Å²) < 4.78 is 0. The Balaban J connectivity index is 2.29. The van der Waals surface area contributed by atoms with Gasteiger partial charge in [0.05, 0.1) is 10.9 Å². The Morgan fingerprint density at radius 3 is 2.65 bits per heavy atom. The van der Waals surface area contributed by atoms with Gasteiger partial charge in [-0.15, -0.1) is 0 Å². The molecule has 4 nitrogen and oxygen atoms in total. The number of hydrogen-bond acceptors (Lipinski definition) is 3. The predicted octanol–water partition coefficient (Wildman–Crippen LogP) is 1.03. The fourth-order valence-electron chi connectivity index (χ4n) is 2.34. The SMILES string of the molecule is CC1CCC(C(N)=O)CN1CCCCC(N)=S. The van der Waals surface area contributed by atoms with E-state index >= 15 is 0 Å². The number of primary amides is 1. The molecule has 0 aromatic carbocycles. The van der Waals surface area contributed by atoms with Crippen molar-refractivity contribution in [3.8, 4) is 0 Å². The van der Waals surface area contributed by atoms with Crippen LogP contribution >= 0.6 is 12.2 Å². The number of unbranched alkanes of at least 4 members (excludes halogenated alkanes) is 1. The fraction of sp³-hybridized carbons (Fsp3) is 0.833. The molecule has 4 N–H and O–H groups in total. The Labute approximate surface area is 109 Å². The van der Waals surface area contributed by atoms with Gasteiger partial charge in [0, 0.05) is 12.6 Å². The first kappa shape index (κ1) is 14.4. The van der Waals surface area contributed by atoms with Crippen molar-refractivity contribution in [2.45, 2.75) is 45.1 Å². The van der Waals surface area contributed by atoms with E-state index < -0.39 is 0 Å². The Morgan fingerprint density at radius 2 is 2.06 bits per heavy atom. The monoisotopic (exact) mass is 257 g/mol. The molecule has 0 radical (unpaired) electrons. The average molecular weight is 257 g/mol. The number of piperidine rings is 1. The molecule has 17 heavy (non-hydrogen) atoms. The summed E-state index contributed by atoms with van der Waals surface area (Å²) in [6.07, 6.45) is 4.91. The first-order chi connectivity index (χ1) is 8.00. The van der Waals surface area contributed by atoms with Crippen LogP contribution in [0.3, 0.4) is 0 Å². The molecule has 0 aliphatic carbocycles. The maximum Gasteiger partial charge on any atom is 0.221 e. The number of thiocarbonyl (C=S) groups is 1. The summed E-state index contributed by atoms with van der Waals surface area (Å²) in [5, 5.41) is 0. The zero-order valence-corrected chi connectivity index (χ0v) is 11.3. The number of nitrogens with zero attached hydrogens (tertiary/aromatic N) is 1. The third-order valence-electron chi connectivity index (χ3n) is 3.53. The van der Waals surface area contributed by atoms with Gasteiger partial charge >= 0.3 is 0 Å². The third kappa shape index (κ3) is 5.00. The second-order valence-corrected chi connectivity index (χ2v) is 5.47. The van der Waals surface area contributed by atoms with Gasteiger partial charge in [-0.25, -0.2) is 0 Å². The average Bonchev–Trinajstić information content (AvgIpc) is 2.25. The maximum atomic E-state index is 11.2. The van der Waals surface area contributed by atoms with Crippen molar-refractivity contribution in [1.29, 1.82) is 0 Å². The minimum Gasteiger partial charge on any atom is -0.393 e. The van der Waals surface area contributed by atoms with Crippen molar-refractivity contribution in [2.24, 2.45) is 17.4 Å². The first-order valence-corrected chi connectivity index (χ1v) is 6.73. The standard InChI is InChI=1S/C12H23N3OS/c1-9-5-6-10(12(14)16)8-15(9)7-3-2-4-11(13)17/h9-10H,2-8H2,1H3,(H2,13,17)(H2,14,16). The van der Waals surface area contributed by atoms with Gasteiger partial charge < -0.3 is 11.5 Å². The van der Waals surface area contributed by atoms with Gasteiger partial charge in [-0.2, -0.15) is 0 Å². The van der Waals surface area contributed by atoms with E-state index in [0.717, 1.165) is 45.2 Å². The van der Waals surface area contributed by atoms with Crippen LogP contribution in [0.25, 0.3) is 0 Å². The Bertz CT molecular complexity index is 283. The molecule has 98 valence electrons. The molecule has 0 spiro atoms. The summed E-state index contributed by atoms with van der Waals surface area (Å²) in [5.74, 6) is -0.133. The van der Waals surface area contributed by atoms with Crippen LogP contribution < -0.4 is 11.5 Å². The van der Waals surface area contributed by atoms with E-state index in [2.05, 4.69) is 11.8 Å². The lowest BCUT2D eigenvalue weighted by Gasteiger charge is -2.36. The van der Waals surface area contributed by atoms with Gasteiger partial charge in [0.15, 0.2) is 0 Å². The number of rotatable bonds is 6. The van der Waals surface area contributed by atoms with E-state index in [1.807, 2.05) is 0 Å². The van der Waals surface area contributed by atoms with Crippen molar-refractivity contribution in [2.75, 3.05) is 13.1 Å². The third-order valence-corrected chi connectivity index (χ3v) is 3.74. The van der Waals surface area contributed by atoms with Crippen molar-refractivity contribution < 1.29 is 4.79 Å². The van der Waals surface area contributed by atoms with Crippen molar-refractivity contribution >= 4 is 23.1 Å². The molecule has 1 fully saturated rings. The zero-order valence-electron chi connectivity index (χ0n) is 10.5. The largest absolute Gasteiger partial charge is 0.393 e. The van der Waals surface area contributed by atoms with Crippen LogP contribution in [0.4, 0.5) is 0 Å². The summed E-state index contributed by atoms with van der Waals surface area (Å²) in [5.41, 5.74) is 10.8. The second-order valence-electron chi connectivity index (χ2n) is 4.94. The molecule has 1 heterocycles. The molecule has 2 atom stereocenters. The van der Waals surface area contributed by atoms with Crippen LogP contribution in [-0.2, 0) is 4.79 Å². The van der Waals surface area contributed by atoms with E-state index in [-0.39, 0.29) is 11.8 Å².